The highest BCUT2D eigenvalue weighted by Gasteiger charge is 2.17. The van der Waals surface area contributed by atoms with Crippen LogP contribution >= 0.6 is 11.3 Å². The number of para-hydroxylation sites is 1. The van der Waals surface area contributed by atoms with Crippen LogP contribution in [-0.2, 0) is 6.54 Å². The number of benzene rings is 2. The van der Waals surface area contributed by atoms with Gasteiger partial charge in [0.1, 0.15) is 16.5 Å². The van der Waals surface area contributed by atoms with Crippen molar-refractivity contribution in [3.8, 4) is 16.3 Å². The summed E-state index contributed by atoms with van der Waals surface area (Å²) in [6.07, 6.45) is 2.06. The Balaban J connectivity index is 1.13. The summed E-state index contributed by atoms with van der Waals surface area (Å²) in [6.45, 7) is 7.26. The number of nitrogens with one attached hydrogen (secondary N) is 1. The Morgan fingerprint density at radius 2 is 1.73 bits per heavy atom. The van der Waals surface area contributed by atoms with Crippen molar-refractivity contribution in [2.75, 3.05) is 46.4 Å². The average Bonchev–Trinajstić information content (AvgIpc) is 3.36. The molecule has 1 saturated heterocycles. The molecule has 4 rings (SSSR count). The van der Waals surface area contributed by atoms with Crippen LogP contribution in [0.5, 0.6) is 5.75 Å². The van der Waals surface area contributed by atoms with Gasteiger partial charge in [-0.15, -0.1) is 11.3 Å². The normalized spacial score (nSPS) is 14.8. The Bertz CT molecular complexity index is 1020. The summed E-state index contributed by atoms with van der Waals surface area (Å²) in [5.74, 6) is 0.654. The number of amides is 1. The van der Waals surface area contributed by atoms with Crippen LogP contribution in [0, 0.1) is 0 Å². The summed E-state index contributed by atoms with van der Waals surface area (Å²) in [6, 6.07) is 18.4. The molecule has 1 aromatic heterocycles. The fraction of sp³-hybridized carbons (Fsp3) is 0.385. The van der Waals surface area contributed by atoms with E-state index < -0.39 is 0 Å². The van der Waals surface area contributed by atoms with Crippen LogP contribution in [0.4, 0.5) is 0 Å². The molecule has 2 heterocycles. The van der Waals surface area contributed by atoms with Crippen molar-refractivity contribution in [2.45, 2.75) is 19.4 Å². The minimum absolute atomic E-state index is 0.109. The van der Waals surface area contributed by atoms with Gasteiger partial charge in [-0.3, -0.25) is 9.69 Å². The molecular weight excluding hydrogens is 432 g/mol. The molecule has 0 aliphatic carbocycles. The van der Waals surface area contributed by atoms with E-state index in [1.54, 1.807) is 7.11 Å². The zero-order valence-electron chi connectivity index (χ0n) is 19.2. The number of unbranched alkanes of at least 4 members (excludes halogenated alkanes) is 1. The van der Waals surface area contributed by atoms with Crippen LogP contribution < -0.4 is 10.1 Å². The van der Waals surface area contributed by atoms with Crippen molar-refractivity contribution < 1.29 is 9.53 Å². The standard InChI is InChI=1S/C26H32N4O2S/c1-32-24-12-6-5-11-22(24)26-28-23(20-33-26)25(31)27-13-7-8-14-29-15-17-30(18-16-29)19-21-9-3-2-4-10-21/h2-6,9-12,20H,7-8,13-19H2,1H3,(H,27,31). The highest BCUT2D eigenvalue weighted by atomic mass is 32.1. The van der Waals surface area contributed by atoms with Gasteiger partial charge in [-0.05, 0) is 37.1 Å². The molecule has 7 heteroatoms. The van der Waals surface area contributed by atoms with Crippen molar-refractivity contribution in [1.82, 2.24) is 20.1 Å². The Hall–Kier alpha value is -2.74. The highest BCUT2D eigenvalue weighted by molar-refractivity contribution is 7.13. The van der Waals surface area contributed by atoms with E-state index in [-0.39, 0.29) is 5.91 Å². The highest BCUT2D eigenvalue weighted by Crippen LogP contribution is 2.31. The summed E-state index contributed by atoms with van der Waals surface area (Å²) in [4.78, 5) is 22.1. The minimum atomic E-state index is -0.109. The predicted molar refractivity (Wildman–Crippen MR) is 134 cm³/mol. The monoisotopic (exact) mass is 464 g/mol. The molecule has 0 bridgehead atoms. The van der Waals surface area contributed by atoms with Gasteiger partial charge in [-0.2, -0.15) is 0 Å². The van der Waals surface area contributed by atoms with Gasteiger partial charge < -0.3 is 15.0 Å². The largest absolute Gasteiger partial charge is 0.496 e. The lowest BCUT2D eigenvalue weighted by Crippen LogP contribution is -2.46. The number of methoxy groups -OCH3 is 1. The van der Waals surface area contributed by atoms with Gasteiger partial charge in [0.2, 0.25) is 0 Å². The number of hydrogen-bond donors (Lipinski definition) is 1. The van der Waals surface area contributed by atoms with E-state index >= 15 is 0 Å². The topological polar surface area (TPSA) is 57.7 Å². The van der Waals surface area contributed by atoms with Gasteiger partial charge in [-0.25, -0.2) is 4.98 Å². The molecule has 3 aromatic rings. The number of ether oxygens (including phenoxy) is 1. The van der Waals surface area contributed by atoms with E-state index in [9.17, 15) is 4.79 Å². The first-order valence-corrected chi connectivity index (χ1v) is 12.5. The number of aromatic nitrogens is 1. The summed E-state index contributed by atoms with van der Waals surface area (Å²) in [5.41, 5.74) is 2.76. The first kappa shape index (κ1) is 23.4. The van der Waals surface area contributed by atoms with E-state index in [0.717, 1.165) is 68.4 Å². The van der Waals surface area contributed by atoms with Crippen molar-refractivity contribution in [2.24, 2.45) is 0 Å². The Morgan fingerprint density at radius 1 is 1.00 bits per heavy atom. The molecule has 33 heavy (non-hydrogen) atoms. The molecule has 1 aliphatic heterocycles. The fourth-order valence-electron chi connectivity index (χ4n) is 4.09. The van der Waals surface area contributed by atoms with E-state index in [0.29, 0.717) is 12.2 Å². The number of carbonyl (C=O) groups excluding carboxylic acids is 1. The first-order valence-electron chi connectivity index (χ1n) is 11.6. The zero-order chi connectivity index (χ0) is 22.9. The first-order chi connectivity index (χ1) is 16.2. The third-order valence-corrected chi connectivity index (χ3v) is 6.85. The molecule has 1 fully saturated rings. The lowest BCUT2D eigenvalue weighted by atomic mass is 10.2. The van der Waals surface area contributed by atoms with Crippen molar-refractivity contribution >= 4 is 17.2 Å². The number of thiazole rings is 1. The maximum absolute atomic E-state index is 12.5. The molecule has 0 atom stereocenters. The molecule has 6 nitrogen and oxygen atoms in total. The van der Waals surface area contributed by atoms with Crippen LogP contribution in [0.25, 0.3) is 10.6 Å². The van der Waals surface area contributed by atoms with Gasteiger partial charge in [0.05, 0.1) is 12.7 Å². The van der Waals surface area contributed by atoms with Crippen molar-refractivity contribution in [3.05, 3.63) is 71.2 Å². The molecule has 0 spiro atoms. The lowest BCUT2D eigenvalue weighted by molar-refractivity contribution is 0.0947. The Morgan fingerprint density at radius 3 is 2.52 bits per heavy atom. The number of hydrogen-bond acceptors (Lipinski definition) is 6. The van der Waals surface area contributed by atoms with Crippen molar-refractivity contribution in [3.63, 3.8) is 0 Å². The molecule has 174 valence electrons. The second kappa shape index (κ2) is 11.9. The Labute approximate surface area is 200 Å². The van der Waals surface area contributed by atoms with Crippen LogP contribution in [0.1, 0.15) is 28.9 Å². The maximum atomic E-state index is 12.5. The summed E-state index contributed by atoms with van der Waals surface area (Å²) in [5, 5.41) is 5.62. The van der Waals surface area contributed by atoms with Crippen LogP contribution in [0.15, 0.2) is 60.0 Å². The van der Waals surface area contributed by atoms with E-state index in [1.807, 2.05) is 29.6 Å². The number of piperazine rings is 1. The second-order valence-corrected chi connectivity index (χ2v) is 9.16. The fourth-order valence-corrected chi connectivity index (χ4v) is 4.92. The number of carbonyl (C=O) groups is 1. The minimum Gasteiger partial charge on any atom is -0.496 e. The molecule has 1 aliphatic rings. The predicted octanol–water partition coefficient (Wildman–Crippen LogP) is 4.15. The molecule has 0 radical (unpaired) electrons. The van der Waals surface area contributed by atoms with Gasteiger partial charge in [0.25, 0.3) is 5.91 Å². The van der Waals surface area contributed by atoms with E-state index in [2.05, 4.69) is 50.4 Å². The van der Waals surface area contributed by atoms with Crippen LogP contribution in [0.2, 0.25) is 0 Å². The molecule has 2 aromatic carbocycles. The van der Waals surface area contributed by atoms with Gasteiger partial charge in [0.15, 0.2) is 0 Å². The zero-order valence-corrected chi connectivity index (χ0v) is 20.0. The SMILES string of the molecule is COc1ccccc1-c1nc(C(=O)NCCCCN2CCN(Cc3ccccc3)CC2)cs1. The second-order valence-electron chi connectivity index (χ2n) is 8.30. The number of nitrogens with zero attached hydrogens (tertiary/aromatic N) is 3. The molecule has 1 N–H and O–H groups in total. The molecule has 0 unspecified atom stereocenters. The Kier molecular flexibility index (Phi) is 8.47. The molecular formula is C26H32N4O2S. The average molecular weight is 465 g/mol. The van der Waals surface area contributed by atoms with Crippen LogP contribution in [0.3, 0.4) is 0 Å². The van der Waals surface area contributed by atoms with E-state index in [4.69, 9.17) is 4.74 Å². The van der Waals surface area contributed by atoms with E-state index in [1.165, 1.54) is 16.9 Å². The quantitative estimate of drug-likeness (QED) is 0.457. The lowest BCUT2D eigenvalue weighted by Gasteiger charge is -2.34. The van der Waals surface area contributed by atoms with Gasteiger partial charge >= 0.3 is 0 Å². The maximum Gasteiger partial charge on any atom is 0.270 e. The molecule has 1 amide bonds. The third-order valence-electron chi connectivity index (χ3n) is 5.97. The molecule has 0 saturated carbocycles. The van der Waals surface area contributed by atoms with Gasteiger partial charge in [0, 0.05) is 44.6 Å². The van der Waals surface area contributed by atoms with Gasteiger partial charge in [-0.1, -0.05) is 42.5 Å². The summed E-state index contributed by atoms with van der Waals surface area (Å²) >= 11 is 1.46. The number of rotatable bonds is 10. The summed E-state index contributed by atoms with van der Waals surface area (Å²) in [7, 11) is 1.64. The van der Waals surface area contributed by atoms with Crippen LogP contribution in [-0.4, -0.2) is 67.1 Å². The third kappa shape index (κ3) is 6.63. The summed E-state index contributed by atoms with van der Waals surface area (Å²) < 4.78 is 5.40. The van der Waals surface area contributed by atoms with Crippen molar-refractivity contribution in [1.29, 1.82) is 0 Å². The smallest absolute Gasteiger partial charge is 0.270 e.